The molecule has 0 spiro atoms. The van der Waals surface area contributed by atoms with Crippen LogP contribution in [0, 0.1) is 11.8 Å². The van der Waals surface area contributed by atoms with Crippen molar-refractivity contribution >= 4 is 22.9 Å². The van der Waals surface area contributed by atoms with E-state index in [1.807, 2.05) is 18.2 Å². The maximum absolute atomic E-state index is 6.00. The number of halogens is 1. The summed E-state index contributed by atoms with van der Waals surface area (Å²) in [6.45, 7) is 2.19. The highest BCUT2D eigenvalue weighted by atomic mass is 35.5. The monoisotopic (exact) mass is 304 g/mol. The average Bonchev–Trinajstić information content (AvgIpc) is 2.83. The van der Waals surface area contributed by atoms with Gasteiger partial charge in [-0.25, -0.2) is 0 Å². The molecule has 0 atom stereocenters. The summed E-state index contributed by atoms with van der Waals surface area (Å²) in [7, 11) is 2.10. The van der Waals surface area contributed by atoms with Gasteiger partial charge in [0.25, 0.3) is 0 Å². The van der Waals surface area contributed by atoms with Crippen molar-refractivity contribution in [2.24, 2.45) is 5.73 Å². The van der Waals surface area contributed by atoms with E-state index in [-0.39, 0.29) is 0 Å². The highest BCUT2D eigenvalue weighted by molar-refractivity contribution is 7.12. The van der Waals surface area contributed by atoms with Crippen molar-refractivity contribution in [1.82, 2.24) is 4.90 Å². The molecule has 0 saturated heterocycles. The van der Waals surface area contributed by atoms with E-state index in [4.69, 9.17) is 17.3 Å². The van der Waals surface area contributed by atoms with Crippen LogP contribution in [-0.2, 0) is 13.1 Å². The number of nitrogens with zero attached hydrogens (tertiary/aromatic N) is 1. The minimum absolute atomic E-state index is 0.405. The van der Waals surface area contributed by atoms with Crippen molar-refractivity contribution in [3.8, 4) is 11.8 Å². The summed E-state index contributed by atoms with van der Waals surface area (Å²) >= 11 is 7.72. The number of rotatable bonds is 4. The Morgan fingerprint density at radius 3 is 2.85 bits per heavy atom. The van der Waals surface area contributed by atoms with Gasteiger partial charge in [0.15, 0.2) is 0 Å². The molecule has 0 bridgehead atoms. The number of hydrogen-bond donors (Lipinski definition) is 1. The predicted octanol–water partition coefficient (Wildman–Crippen LogP) is 3.34. The fourth-order valence-corrected chi connectivity index (χ4v) is 3.11. The molecular formula is C16H17ClN2S. The Kier molecular flexibility index (Phi) is 5.63. The molecule has 0 unspecified atom stereocenters. The van der Waals surface area contributed by atoms with E-state index in [1.54, 1.807) is 11.3 Å². The van der Waals surface area contributed by atoms with Gasteiger partial charge in [0.1, 0.15) is 0 Å². The van der Waals surface area contributed by atoms with Gasteiger partial charge in [0.2, 0.25) is 0 Å². The van der Waals surface area contributed by atoms with Gasteiger partial charge in [-0.05, 0) is 36.9 Å². The molecule has 104 valence electrons. The first kappa shape index (κ1) is 15.1. The standard InChI is InChI=1S/C16H17ClN2S/c1-19(11-13-4-2-5-14(17)10-13)12-16-8-7-15(20-16)6-3-9-18/h2,4-5,7-8,10H,9,11-12,18H2,1H3. The lowest BCUT2D eigenvalue weighted by Crippen LogP contribution is -2.16. The fourth-order valence-electron chi connectivity index (χ4n) is 1.94. The largest absolute Gasteiger partial charge is 0.320 e. The van der Waals surface area contributed by atoms with Crippen molar-refractivity contribution in [2.45, 2.75) is 13.1 Å². The van der Waals surface area contributed by atoms with Gasteiger partial charge >= 0.3 is 0 Å². The van der Waals surface area contributed by atoms with Crippen molar-refractivity contribution < 1.29 is 0 Å². The van der Waals surface area contributed by atoms with Crippen LogP contribution in [0.2, 0.25) is 5.02 Å². The first-order valence-corrected chi connectivity index (χ1v) is 7.57. The van der Waals surface area contributed by atoms with Gasteiger partial charge in [0.05, 0.1) is 11.4 Å². The molecule has 2 aromatic rings. The number of hydrogen-bond acceptors (Lipinski definition) is 3. The molecule has 1 aromatic carbocycles. The molecule has 0 radical (unpaired) electrons. The van der Waals surface area contributed by atoms with Crippen LogP contribution in [0.3, 0.4) is 0 Å². The zero-order valence-corrected chi connectivity index (χ0v) is 13.0. The molecule has 0 aliphatic rings. The summed E-state index contributed by atoms with van der Waals surface area (Å²) in [6.07, 6.45) is 0. The Hall–Kier alpha value is -1.31. The molecule has 0 fully saturated rings. The molecule has 2 rings (SSSR count). The average molecular weight is 305 g/mol. The van der Waals surface area contributed by atoms with Crippen LogP contribution in [0.5, 0.6) is 0 Å². The van der Waals surface area contributed by atoms with Gasteiger partial charge in [-0.15, -0.1) is 11.3 Å². The summed E-state index contributed by atoms with van der Waals surface area (Å²) < 4.78 is 0. The SMILES string of the molecule is CN(Cc1cccc(Cl)c1)Cc1ccc(C#CCN)s1. The zero-order valence-electron chi connectivity index (χ0n) is 11.4. The molecule has 0 aliphatic carbocycles. The third-order valence-electron chi connectivity index (χ3n) is 2.74. The third-order valence-corrected chi connectivity index (χ3v) is 3.96. The fraction of sp³-hybridized carbons (Fsp3) is 0.250. The lowest BCUT2D eigenvalue weighted by atomic mass is 10.2. The van der Waals surface area contributed by atoms with E-state index < -0.39 is 0 Å². The summed E-state index contributed by atoms with van der Waals surface area (Å²) in [5.74, 6) is 5.94. The van der Waals surface area contributed by atoms with E-state index in [0.717, 1.165) is 23.0 Å². The highest BCUT2D eigenvalue weighted by Crippen LogP contribution is 2.18. The van der Waals surface area contributed by atoms with Gasteiger partial charge in [-0.1, -0.05) is 35.6 Å². The molecule has 1 heterocycles. The summed E-state index contributed by atoms with van der Waals surface area (Å²) in [6, 6.07) is 12.2. The van der Waals surface area contributed by atoms with Gasteiger partial charge in [-0.2, -0.15) is 0 Å². The molecule has 20 heavy (non-hydrogen) atoms. The van der Waals surface area contributed by atoms with Gasteiger partial charge < -0.3 is 5.73 Å². The third kappa shape index (κ3) is 4.66. The van der Waals surface area contributed by atoms with Crippen LogP contribution in [0.1, 0.15) is 15.3 Å². The maximum Gasteiger partial charge on any atom is 0.0772 e. The molecule has 0 amide bonds. The minimum atomic E-state index is 0.405. The second kappa shape index (κ2) is 7.47. The summed E-state index contributed by atoms with van der Waals surface area (Å²) in [5.41, 5.74) is 6.60. The van der Waals surface area contributed by atoms with E-state index in [0.29, 0.717) is 6.54 Å². The Morgan fingerprint density at radius 1 is 1.25 bits per heavy atom. The van der Waals surface area contributed by atoms with Crippen LogP contribution >= 0.6 is 22.9 Å². The van der Waals surface area contributed by atoms with E-state index in [1.165, 1.54) is 10.4 Å². The van der Waals surface area contributed by atoms with E-state index in [9.17, 15) is 0 Å². The molecule has 1 aromatic heterocycles. The summed E-state index contributed by atoms with van der Waals surface area (Å²) in [5, 5.41) is 0.784. The number of thiophene rings is 1. The van der Waals surface area contributed by atoms with E-state index in [2.05, 4.69) is 42.0 Å². The minimum Gasteiger partial charge on any atom is -0.320 e. The second-order valence-corrected chi connectivity index (χ2v) is 6.18. The molecule has 4 heteroatoms. The highest BCUT2D eigenvalue weighted by Gasteiger charge is 2.04. The van der Waals surface area contributed by atoms with Crippen LogP contribution in [0.4, 0.5) is 0 Å². The molecule has 2 N–H and O–H groups in total. The number of benzene rings is 1. The summed E-state index contributed by atoms with van der Waals surface area (Å²) in [4.78, 5) is 4.63. The van der Waals surface area contributed by atoms with E-state index >= 15 is 0 Å². The van der Waals surface area contributed by atoms with Gasteiger partial charge in [0, 0.05) is 23.0 Å². The molecule has 0 aliphatic heterocycles. The van der Waals surface area contributed by atoms with Crippen LogP contribution in [0.15, 0.2) is 36.4 Å². The first-order chi connectivity index (χ1) is 9.67. The van der Waals surface area contributed by atoms with Crippen LogP contribution < -0.4 is 5.73 Å². The van der Waals surface area contributed by atoms with Crippen LogP contribution in [0.25, 0.3) is 0 Å². The Labute approximate surface area is 129 Å². The Bertz CT molecular complexity index is 625. The molecule has 2 nitrogen and oxygen atoms in total. The smallest absolute Gasteiger partial charge is 0.0772 e. The van der Waals surface area contributed by atoms with Crippen molar-refractivity contribution in [3.63, 3.8) is 0 Å². The molecule has 0 saturated carbocycles. The number of nitrogens with two attached hydrogens (primary N) is 1. The lowest BCUT2D eigenvalue weighted by Gasteiger charge is -2.15. The maximum atomic E-state index is 6.00. The van der Waals surface area contributed by atoms with Crippen molar-refractivity contribution in [3.05, 3.63) is 56.7 Å². The zero-order chi connectivity index (χ0) is 14.4. The van der Waals surface area contributed by atoms with Crippen LogP contribution in [-0.4, -0.2) is 18.5 Å². The van der Waals surface area contributed by atoms with Crippen molar-refractivity contribution in [1.29, 1.82) is 0 Å². The van der Waals surface area contributed by atoms with Crippen molar-refractivity contribution in [2.75, 3.05) is 13.6 Å². The lowest BCUT2D eigenvalue weighted by molar-refractivity contribution is 0.322. The predicted molar refractivity (Wildman–Crippen MR) is 86.9 cm³/mol. The Balaban J connectivity index is 1.94. The normalized spacial score (nSPS) is 10.4. The first-order valence-electron chi connectivity index (χ1n) is 6.38. The second-order valence-electron chi connectivity index (χ2n) is 4.57. The Morgan fingerprint density at radius 2 is 2.10 bits per heavy atom. The topological polar surface area (TPSA) is 29.3 Å². The van der Waals surface area contributed by atoms with Gasteiger partial charge in [-0.3, -0.25) is 4.90 Å². The quantitative estimate of drug-likeness (QED) is 0.878. The molecular weight excluding hydrogens is 288 g/mol.